The summed E-state index contributed by atoms with van der Waals surface area (Å²) in [4.78, 5) is 10.3. The first-order valence-electron chi connectivity index (χ1n) is 3.88. The van der Waals surface area contributed by atoms with Crippen molar-refractivity contribution in [3.05, 3.63) is 40.7 Å². The molecule has 0 radical (unpaired) electrons. The molecule has 1 rings (SSSR count). The molecule has 0 saturated carbocycles. The SMILES string of the molecule is C/C(=C(\F)C(=O)O)c1ccccc1Cl. The van der Waals surface area contributed by atoms with Crippen molar-refractivity contribution in [1.82, 2.24) is 0 Å². The molecule has 0 aromatic heterocycles. The molecule has 0 fully saturated rings. The van der Waals surface area contributed by atoms with Gasteiger partial charge in [-0.25, -0.2) is 4.79 Å². The summed E-state index contributed by atoms with van der Waals surface area (Å²) >= 11 is 5.77. The van der Waals surface area contributed by atoms with E-state index in [9.17, 15) is 9.18 Å². The van der Waals surface area contributed by atoms with E-state index >= 15 is 0 Å². The summed E-state index contributed by atoms with van der Waals surface area (Å²) in [7, 11) is 0. The highest BCUT2D eigenvalue weighted by molar-refractivity contribution is 6.32. The minimum absolute atomic E-state index is 0.0306. The Labute approximate surface area is 85.6 Å². The molecular formula is C10H8ClFO2. The van der Waals surface area contributed by atoms with Crippen LogP contribution in [0.3, 0.4) is 0 Å². The number of carboxylic acid groups (broad SMARTS) is 1. The number of allylic oxidation sites excluding steroid dienone is 1. The maximum absolute atomic E-state index is 13.0. The van der Waals surface area contributed by atoms with E-state index in [1.165, 1.54) is 6.92 Å². The zero-order valence-electron chi connectivity index (χ0n) is 7.42. The van der Waals surface area contributed by atoms with E-state index in [0.717, 1.165) is 0 Å². The third kappa shape index (κ3) is 2.12. The highest BCUT2D eigenvalue weighted by Crippen LogP contribution is 2.26. The van der Waals surface area contributed by atoms with Gasteiger partial charge in [0.15, 0.2) is 0 Å². The molecule has 0 aliphatic heterocycles. The van der Waals surface area contributed by atoms with Crippen LogP contribution in [0.4, 0.5) is 4.39 Å². The Morgan fingerprint density at radius 1 is 1.43 bits per heavy atom. The topological polar surface area (TPSA) is 37.3 Å². The highest BCUT2D eigenvalue weighted by atomic mass is 35.5. The number of hydrogen-bond donors (Lipinski definition) is 1. The van der Waals surface area contributed by atoms with Crippen LogP contribution in [0.2, 0.25) is 5.02 Å². The molecule has 1 N–H and O–H groups in total. The number of aliphatic carboxylic acids is 1. The first kappa shape index (κ1) is 10.7. The van der Waals surface area contributed by atoms with Crippen LogP contribution in [0, 0.1) is 0 Å². The number of carbonyl (C=O) groups is 1. The van der Waals surface area contributed by atoms with Gasteiger partial charge >= 0.3 is 5.97 Å². The molecule has 0 spiro atoms. The molecule has 1 aromatic rings. The Kier molecular flexibility index (Phi) is 3.25. The predicted octanol–water partition coefficient (Wildman–Crippen LogP) is 3.13. The molecule has 0 heterocycles. The predicted molar refractivity (Wildman–Crippen MR) is 52.8 cm³/mol. The Morgan fingerprint density at radius 2 is 2.00 bits per heavy atom. The highest BCUT2D eigenvalue weighted by Gasteiger charge is 2.13. The fourth-order valence-corrected chi connectivity index (χ4v) is 1.32. The second-order valence-electron chi connectivity index (χ2n) is 2.72. The van der Waals surface area contributed by atoms with Gasteiger partial charge in [0.1, 0.15) is 0 Å². The Bertz CT molecular complexity index is 399. The minimum Gasteiger partial charge on any atom is -0.476 e. The summed E-state index contributed by atoms with van der Waals surface area (Å²) in [6.45, 7) is 1.38. The standard InChI is InChI=1S/C10H8ClFO2/c1-6(9(12)10(13)14)7-4-2-3-5-8(7)11/h2-5H,1H3,(H,13,14)/b9-6+. The fourth-order valence-electron chi connectivity index (χ4n) is 1.04. The van der Waals surface area contributed by atoms with Crippen LogP contribution in [0.1, 0.15) is 12.5 Å². The van der Waals surface area contributed by atoms with Gasteiger partial charge in [-0.1, -0.05) is 29.8 Å². The van der Waals surface area contributed by atoms with Gasteiger partial charge in [-0.05, 0) is 18.6 Å². The zero-order valence-corrected chi connectivity index (χ0v) is 8.18. The lowest BCUT2D eigenvalue weighted by Crippen LogP contribution is -1.98. The van der Waals surface area contributed by atoms with Crippen LogP contribution >= 0.6 is 11.6 Å². The van der Waals surface area contributed by atoms with Crippen molar-refractivity contribution < 1.29 is 14.3 Å². The van der Waals surface area contributed by atoms with E-state index in [2.05, 4.69) is 0 Å². The van der Waals surface area contributed by atoms with E-state index in [0.29, 0.717) is 10.6 Å². The lowest BCUT2D eigenvalue weighted by molar-refractivity contribution is -0.134. The summed E-state index contributed by atoms with van der Waals surface area (Å²) < 4.78 is 13.0. The Balaban J connectivity index is 3.25. The van der Waals surface area contributed by atoms with Crippen molar-refractivity contribution in [3.8, 4) is 0 Å². The van der Waals surface area contributed by atoms with Gasteiger partial charge in [0.25, 0.3) is 0 Å². The molecular weight excluding hydrogens is 207 g/mol. The van der Waals surface area contributed by atoms with Gasteiger partial charge in [0.2, 0.25) is 5.83 Å². The van der Waals surface area contributed by atoms with Crippen molar-refractivity contribution in [3.63, 3.8) is 0 Å². The van der Waals surface area contributed by atoms with Crippen molar-refractivity contribution in [2.24, 2.45) is 0 Å². The van der Waals surface area contributed by atoms with Gasteiger partial charge in [-0.3, -0.25) is 0 Å². The molecule has 14 heavy (non-hydrogen) atoms. The third-order valence-electron chi connectivity index (χ3n) is 1.79. The first-order valence-corrected chi connectivity index (χ1v) is 4.26. The number of hydrogen-bond acceptors (Lipinski definition) is 1. The fraction of sp³-hybridized carbons (Fsp3) is 0.100. The van der Waals surface area contributed by atoms with Gasteiger partial charge < -0.3 is 5.11 Å². The van der Waals surface area contributed by atoms with Crippen molar-refractivity contribution in [2.45, 2.75) is 6.92 Å². The van der Waals surface area contributed by atoms with Gasteiger partial charge in [-0.15, -0.1) is 0 Å². The molecule has 0 amide bonds. The Morgan fingerprint density at radius 3 is 2.50 bits per heavy atom. The van der Waals surface area contributed by atoms with E-state index in [-0.39, 0.29) is 5.57 Å². The minimum atomic E-state index is -1.58. The summed E-state index contributed by atoms with van der Waals surface area (Å²) in [5.41, 5.74) is 0.428. The summed E-state index contributed by atoms with van der Waals surface area (Å²) in [5, 5.41) is 8.76. The van der Waals surface area contributed by atoms with Crippen molar-refractivity contribution >= 4 is 23.1 Å². The molecule has 74 valence electrons. The molecule has 0 aliphatic carbocycles. The summed E-state index contributed by atoms with van der Waals surface area (Å²) in [5.74, 6) is -2.76. The normalized spacial score (nSPS) is 12.2. The zero-order chi connectivity index (χ0) is 10.7. The van der Waals surface area contributed by atoms with Crippen molar-refractivity contribution in [1.29, 1.82) is 0 Å². The quantitative estimate of drug-likeness (QED) is 0.768. The molecule has 2 nitrogen and oxygen atoms in total. The molecule has 0 atom stereocenters. The largest absolute Gasteiger partial charge is 0.476 e. The average molecular weight is 215 g/mol. The lowest BCUT2D eigenvalue weighted by Gasteiger charge is -2.03. The molecule has 0 bridgehead atoms. The van der Waals surface area contributed by atoms with Gasteiger partial charge in [-0.2, -0.15) is 4.39 Å². The van der Waals surface area contributed by atoms with Crippen LogP contribution in [-0.4, -0.2) is 11.1 Å². The second-order valence-corrected chi connectivity index (χ2v) is 3.13. The molecule has 1 aromatic carbocycles. The van der Waals surface area contributed by atoms with E-state index in [4.69, 9.17) is 16.7 Å². The van der Waals surface area contributed by atoms with E-state index < -0.39 is 11.8 Å². The molecule has 0 unspecified atom stereocenters. The van der Waals surface area contributed by atoms with Crippen molar-refractivity contribution in [2.75, 3.05) is 0 Å². The van der Waals surface area contributed by atoms with Crippen LogP contribution in [0.15, 0.2) is 30.1 Å². The number of rotatable bonds is 2. The Hall–Kier alpha value is -1.35. The number of carboxylic acids is 1. The smallest absolute Gasteiger partial charge is 0.365 e. The van der Waals surface area contributed by atoms with Crippen LogP contribution in [0.25, 0.3) is 5.57 Å². The summed E-state index contributed by atoms with van der Waals surface area (Å²) in [6, 6.07) is 6.51. The molecule has 0 saturated heterocycles. The third-order valence-corrected chi connectivity index (χ3v) is 2.12. The lowest BCUT2D eigenvalue weighted by atomic mass is 10.1. The van der Waals surface area contributed by atoms with E-state index in [1.54, 1.807) is 24.3 Å². The maximum atomic E-state index is 13.0. The van der Waals surface area contributed by atoms with E-state index in [1.807, 2.05) is 0 Å². The molecule has 0 aliphatic rings. The van der Waals surface area contributed by atoms with Crippen LogP contribution in [-0.2, 0) is 4.79 Å². The van der Waals surface area contributed by atoms with Crippen LogP contribution in [0.5, 0.6) is 0 Å². The number of benzene rings is 1. The number of halogens is 2. The first-order chi connectivity index (χ1) is 6.54. The van der Waals surface area contributed by atoms with Gasteiger partial charge in [0.05, 0.1) is 0 Å². The maximum Gasteiger partial charge on any atom is 0.365 e. The van der Waals surface area contributed by atoms with Gasteiger partial charge in [0, 0.05) is 10.6 Å². The second kappa shape index (κ2) is 4.24. The summed E-state index contributed by atoms with van der Waals surface area (Å²) in [6.07, 6.45) is 0. The monoisotopic (exact) mass is 214 g/mol. The molecule has 4 heteroatoms. The van der Waals surface area contributed by atoms with Crippen LogP contribution < -0.4 is 0 Å². The average Bonchev–Trinajstić information content (AvgIpc) is 2.16.